The van der Waals surface area contributed by atoms with E-state index < -0.39 is 0 Å². The summed E-state index contributed by atoms with van der Waals surface area (Å²) in [6, 6.07) is 2.03. The Morgan fingerprint density at radius 3 is 2.67 bits per heavy atom. The van der Waals surface area contributed by atoms with Crippen molar-refractivity contribution in [2.45, 2.75) is 52.0 Å². The third kappa shape index (κ3) is 3.71. The van der Waals surface area contributed by atoms with Crippen LogP contribution >= 0.6 is 0 Å². The lowest BCUT2D eigenvalue weighted by Crippen LogP contribution is -2.48. The highest BCUT2D eigenvalue weighted by Crippen LogP contribution is 2.27. The first-order valence-corrected chi connectivity index (χ1v) is 7.67. The van der Waals surface area contributed by atoms with Crippen LogP contribution in [0, 0.1) is 0 Å². The molecule has 0 bridgehead atoms. The summed E-state index contributed by atoms with van der Waals surface area (Å²) in [5.74, 6) is 2.04. The summed E-state index contributed by atoms with van der Waals surface area (Å²) in [4.78, 5) is 11.6. The van der Waals surface area contributed by atoms with Crippen molar-refractivity contribution in [1.82, 2.24) is 9.97 Å². The molecule has 0 spiro atoms. The highest BCUT2D eigenvalue weighted by Gasteiger charge is 2.26. The van der Waals surface area contributed by atoms with Crippen molar-refractivity contribution in [1.29, 1.82) is 0 Å². The van der Waals surface area contributed by atoms with Gasteiger partial charge in [-0.1, -0.05) is 34.6 Å². The van der Waals surface area contributed by atoms with Crippen LogP contribution in [-0.2, 0) is 10.2 Å². The van der Waals surface area contributed by atoms with E-state index in [1.807, 2.05) is 0 Å². The van der Waals surface area contributed by atoms with Crippen LogP contribution in [0.1, 0.15) is 52.1 Å². The molecule has 2 heterocycles. The van der Waals surface area contributed by atoms with Gasteiger partial charge in [0.05, 0.1) is 31.6 Å². The summed E-state index contributed by atoms with van der Waals surface area (Å²) in [5, 5.41) is 9.57. The Morgan fingerprint density at radius 2 is 2.10 bits per heavy atom. The lowest BCUT2D eigenvalue weighted by molar-refractivity contribution is 0.0722. The van der Waals surface area contributed by atoms with Gasteiger partial charge in [-0.3, -0.25) is 0 Å². The van der Waals surface area contributed by atoms with Gasteiger partial charge in [0.25, 0.3) is 0 Å². The molecule has 0 amide bonds. The van der Waals surface area contributed by atoms with Crippen LogP contribution in [0.4, 0.5) is 5.82 Å². The molecular weight excluding hydrogens is 266 g/mol. The van der Waals surface area contributed by atoms with Crippen molar-refractivity contribution in [2.75, 3.05) is 31.3 Å². The number of hydrogen-bond acceptors (Lipinski definition) is 5. The van der Waals surface area contributed by atoms with Crippen molar-refractivity contribution in [3.63, 3.8) is 0 Å². The molecule has 2 rings (SSSR count). The van der Waals surface area contributed by atoms with E-state index in [1.165, 1.54) is 0 Å². The molecule has 0 radical (unpaired) electrons. The Hall–Kier alpha value is -1.20. The largest absolute Gasteiger partial charge is 0.394 e. The number of anilines is 1. The van der Waals surface area contributed by atoms with Crippen LogP contribution in [0.3, 0.4) is 0 Å². The van der Waals surface area contributed by atoms with Crippen LogP contribution in [0.15, 0.2) is 6.07 Å². The maximum absolute atomic E-state index is 9.57. The summed E-state index contributed by atoms with van der Waals surface area (Å²) < 4.78 is 5.45. The Morgan fingerprint density at radius 1 is 1.38 bits per heavy atom. The Kier molecular flexibility index (Phi) is 4.84. The molecule has 1 saturated heterocycles. The fourth-order valence-corrected chi connectivity index (χ4v) is 2.35. The zero-order chi connectivity index (χ0) is 15.6. The number of aliphatic hydroxyl groups is 1. The lowest BCUT2D eigenvalue weighted by Gasteiger charge is -2.36. The average Bonchev–Trinajstić information content (AvgIpc) is 2.45. The summed E-state index contributed by atoms with van der Waals surface area (Å²) in [5.41, 5.74) is 1.02. The standard InChI is InChI=1S/C16H27N3O2/c1-11(2)15-17-13(16(3,4)5)8-14(18-15)19-6-7-21-10-12(19)9-20/h8,11-12,20H,6-7,9-10H2,1-5H3/t12-/m1/s1. The molecule has 1 aromatic heterocycles. The monoisotopic (exact) mass is 293 g/mol. The van der Waals surface area contributed by atoms with Gasteiger partial charge in [0, 0.05) is 23.9 Å². The molecule has 0 saturated carbocycles. The number of nitrogens with zero attached hydrogens (tertiary/aromatic N) is 3. The maximum atomic E-state index is 9.57. The molecule has 1 aromatic rings. The van der Waals surface area contributed by atoms with E-state index in [1.54, 1.807) is 0 Å². The Bertz CT molecular complexity index is 483. The van der Waals surface area contributed by atoms with Gasteiger partial charge in [-0.25, -0.2) is 9.97 Å². The summed E-state index contributed by atoms with van der Waals surface area (Å²) >= 11 is 0. The number of ether oxygens (including phenoxy) is 1. The second kappa shape index (κ2) is 6.28. The van der Waals surface area contributed by atoms with Gasteiger partial charge in [0.15, 0.2) is 0 Å². The van der Waals surface area contributed by atoms with E-state index in [9.17, 15) is 5.11 Å². The highest BCUT2D eigenvalue weighted by molar-refractivity contribution is 5.43. The minimum atomic E-state index is -0.0264. The van der Waals surface area contributed by atoms with Crippen LogP contribution in [0.25, 0.3) is 0 Å². The first-order chi connectivity index (χ1) is 9.82. The molecule has 1 aliphatic heterocycles. The Balaban J connectivity index is 2.44. The number of aromatic nitrogens is 2. The van der Waals surface area contributed by atoms with Gasteiger partial charge in [-0.2, -0.15) is 0 Å². The van der Waals surface area contributed by atoms with Gasteiger partial charge >= 0.3 is 0 Å². The predicted octanol–water partition coefficient (Wildman–Crippen LogP) is 2.10. The fraction of sp³-hybridized carbons (Fsp3) is 0.750. The number of rotatable bonds is 3. The molecular formula is C16H27N3O2. The lowest BCUT2D eigenvalue weighted by atomic mass is 9.91. The van der Waals surface area contributed by atoms with Crippen molar-refractivity contribution in [2.24, 2.45) is 0 Å². The first kappa shape index (κ1) is 16.2. The van der Waals surface area contributed by atoms with Crippen LogP contribution in [-0.4, -0.2) is 47.5 Å². The summed E-state index contributed by atoms with van der Waals surface area (Å²) in [6.07, 6.45) is 0. The molecule has 0 unspecified atom stereocenters. The van der Waals surface area contributed by atoms with Crippen molar-refractivity contribution in [3.8, 4) is 0 Å². The van der Waals surface area contributed by atoms with Gasteiger partial charge < -0.3 is 14.7 Å². The SMILES string of the molecule is CC(C)c1nc(N2CCOC[C@H]2CO)cc(C(C)(C)C)n1. The first-order valence-electron chi connectivity index (χ1n) is 7.67. The molecule has 1 atom stereocenters. The normalized spacial score (nSPS) is 20.1. The van der Waals surface area contributed by atoms with Crippen LogP contribution in [0.5, 0.6) is 0 Å². The van der Waals surface area contributed by atoms with E-state index in [4.69, 9.17) is 14.7 Å². The molecule has 0 aromatic carbocycles. The highest BCUT2D eigenvalue weighted by atomic mass is 16.5. The van der Waals surface area contributed by atoms with Gasteiger partial charge in [0.2, 0.25) is 0 Å². The molecule has 1 fully saturated rings. The molecule has 5 heteroatoms. The molecule has 21 heavy (non-hydrogen) atoms. The average molecular weight is 293 g/mol. The minimum Gasteiger partial charge on any atom is -0.394 e. The zero-order valence-electron chi connectivity index (χ0n) is 13.8. The van der Waals surface area contributed by atoms with E-state index in [0.717, 1.165) is 23.9 Å². The molecule has 118 valence electrons. The third-order valence-electron chi connectivity index (χ3n) is 3.75. The quantitative estimate of drug-likeness (QED) is 0.925. The van der Waals surface area contributed by atoms with Gasteiger partial charge in [-0.15, -0.1) is 0 Å². The van der Waals surface area contributed by atoms with Gasteiger partial charge in [0.1, 0.15) is 11.6 Å². The number of hydrogen-bond donors (Lipinski definition) is 1. The fourth-order valence-electron chi connectivity index (χ4n) is 2.35. The minimum absolute atomic E-state index is 0.0255. The third-order valence-corrected chi connectivity index (χ3v) is 3.75. The number of morpholine rings is 1. The molecule has 5 nitrogen and oxygen atoms in total. The Labute approximate surface area is 127 Å². The van der Waals surface area contributed by atoms with E-state index in [0.29, 0.717) is 13.2 Å². The zero-order valence-corrected chi connectivity index (χ0v) is 13.8. The molecule has 1 N–H and O–H groups in total. The summed E-state index contributed by atoms with van der Waals surface area (Å²) in [7, 11) is 0. The van der Waals surface area contributed by atoms with Crippen molar-refractivity contribution >= 4 is 5.82 Å². The molecule has 0 aliphatic carbocycles. The maximum Gasteiger partial charge on any atom is 0.133 e. The van der Waals surface area contributed by atoms with E-state index in [-0.39, 0.29) is 24.0 Å². The van der Waals surface area contributed by atoms with Crippen LogP contribution < -0.4 is 4.90 Å². The van der Waals surface area contributed by atoms with E-state index in [2.05, 4.69) is 45.6 Å². The smallest absolute Gasteiger partial charge is 0.133 e. The topological polar surface area (TPSA) is 58.5 Å². The molecule has 1 aliphatic rings. The number of aliphatic hydroxyl groups excluding tert-OH is 1. The second-order valence-electron chi connectivity index (χ2n) is 6.98. The van der Waals surface area contributed by atoms with Gasteiger partial charge in [-0.05, 0) is 0 Å². The summed E-state index contributed by atoms with van der Waals surface area (Å²) in [6.45, 7) is 12.7. The predicted molar refractivity (Wildman–Crippen MR) is 83.9 cm³/mol. The van der Waals surface area contributed by atoms with Crippen molar-refractivity contribution in [3.05, 3.63) is 17.6 Å². The second-order valence-corrected chi connectivity index (χ2v) is 6.98. The van der Waals surface area contributed by atoms with Crippen LogP contribution in [0.2, 0.25) is 0 Å². The van der Waals surface area contributed by atoms with Crippen molar-refractivity contribution < 1.29 is 9.84 Å². The van der Waals surface area contributed by atoms with E-state index >= 15 is 0 Å².